The molecule has 0 aromatic carbocycles. The van der Waals surface area contributed by atoms with Crippen LogP contribution in [0.2, 0.25) is 0 Å². The van der Waals surface area contributed by atoms with Crippen molar-refractivity contribution in [2.75, 3.05) is 33.5 Å². The fourth-order valence-electron chi connectivity index (χ4n) is 2.67. The van der Waals surface area contributed by atoms with Crippen LogP contribution < -0.4 is 5.32 Å². The van der Waals surface area contributed by atoms with Gasteiger partial charge in [-0.15, -0.1) is 0 Å². The van der Waals surface area contributed by atoms with Gasteiger partial charge in [0.2, 0.25) is 5.91 Å². The molecule has 0 saturated heterocycles. The first-order chi connectivity index (χ1) is 10.2. The van der Waals surface area contributed by atoms with Gasteiger partial charge in [0.25, 0.3) is 0 Å². The van der Waals surface area contributed by atoms with Crippen molar-refractivity contribution in [3.8, 4) is 6.07 Å². The second-order valence-corrected chi connectivity index (χ2v) is 5.68. The maximum atomic E-state index is 12.3. The van der Waals surface area contributed by atoms with Crippen molar-refractivity contribution in [1.82, 2.24) is 5.32 Å². The van der Waals surface area contributed by atoms with E-state index in [2.05, 4.69) is 11.4 Å². The van der Waals surface area contributed by atoms with Gasteiger partial charge in [-0.05, 0) is 25.7 Å². The summed E-state index contributed by atoms with van der Waals surface area (Å²) in [5.41, 5.74) is -0.786. The van der Waals surface area contributed by atoms with E-state index in [0.29, 0.717) is 39.2 Å². The summed E-state index contributed by atoms with van der Waals surface area (Å²) >= 11 is 0. The molecule has 0 heterocycles. The highest BCUT2D eigenvalue weighted by molar-refractivity contribution is 5.85. The number of hydrogen-bond acceptors (Lipinski definition) is 4. The number of amides is 1. The van der Waals surface area contributed by atoms with E-state index in [-0.39, 0.29) is 5.91 Å². The molecule has 0 radical (unpaired) electrons. The van der Waals surface area contributed by atoms with Crippen LogP contribution in [0.25, 0.3) is 0 Å². The smallest absolute Gasteiger partial charge is 0.240 e. The fourth-order valence-corrected chi connectivity index (χ4v) is 2.67. The maximum Gasteiger partial charge on any atom is 0.240 e. The lowest BCUT2D eigenvalue weighted by atomic mass is 9.81. The van der Waals surface area contributed by atoms with Gasteiger partial charge in [0.05, 0.1) is 19.3 Å². The maximum absolute atomic E-state index is 12.3. The molecule has 120 valence electrons. The van der Waals surface area contributed by atoms with Crippen LogP contribution in [0.5, 0.6) is 0 Å². The molecule has 21 heavy (non-hydrogen) atoms. The van der Waals surface area contributed by atoms with Gasteiger partial charge in [-0.2, -0.15) is 5.26 Å². The van der Waals surface area contributed by atoms with Gasteiger partial charge >= 0.3 is 0 Å². The van der Waals surface area contributed by atoms with Gasteiger partial charge in [-0.3, -0.25) is 4.79 Å². The van der Waals surface area contributed by atoms with Gasteiger partial charge in [-0.1, -0.05) is 25.7 Å². The van der Waals surface area contributed by atoms with Gasteiger partial charge in [0, 0.05) is 20.3 Å². The van der Waals surface area contributed by atoms with E-state index in [0.717, 1.165) is 38.5 Å². The first-order valence-corrected chi connectivity index (χ1v) is 8.01. The third kappa shape index (κ3) is 6.45. The summed E-state index contributed by atoms with van der Waals surface area (Å²) in [5, 5.41) is 12.3. The van der Waals surface area contributed by atoms with Crippen LogP contribution in [0.15, 0.2) is 0 Å². The number of ether oxygens (including phenoxy) is 2. The molecule has 1 saturated carbocycles. The van der Waals surface area contributed by atoms with Crippen molar-refractivity contribution >= 4 is 5.91 Å². The SMILES string of the molecule is COCCOCCCCNC(=O)C1(C#N)CCCCCC1. The highest BCUT2D eigenvalue weighted by atomic mass is 16.5. The van der Waals surface area contributed by atoms with Crippen LogP contribution in [0.3, 0.4) is 0 Å². The topological polar surface area (TPSA) is 71.3 Å². The first kappa shape index (κ1) is 17.9. The standard InChI is InChI=1S/C16H28N2O3/c1-20-12-13-21-11-7-6-10-18-15(19)16(14-17)8-4-2-3-5-9-16/h2-13H2,1H3,(H,18,19). The van der Waals surface area contributed by atoms with E-state index in [1.165, 1.54) is 0 Å². The third-order valence-corrected chi connectivity index (χ3v) is 4.04. The predicted molar refractivity (Wildman–Crippen MR) is 80.7 cm³/mol. The van der Waals surface area contributed by atoms with Crippen LogP contribution in [0, 0.1) is 16.7 Å². The van der Waals surface area contributed by atoms with E-state index in [4.69, 9.17) is 9.47 Å². The van der Waals surface area contributed by atoms with Crippen molar-refractivity contribution in [3.05, 3.63) is 0 Å². The van der Waals surface area contributed by atoms with Crippen molar-refractivity contribution < 1.29 is 14.3 Å². The number of nitrogens with zero attached hydrogens (tertiary/aromatic N) is 1. The molecule has 1 rings (SSSR count). The number of unbranched alkanes of at least 4 members (excludes halogenated alkanes) is 1. The molecule has 0 atom stereocenters. The molecule has 0 unspecified atom stereocenters. The Morgan fingerprint density at radius 3 is 2.48 bits per heavy atom. The summed E-state index contributed by atoms with van der Waals surface area (Å²) in [5.74, 6) is -0.0767. The Morgan fingerprint density at radius 2 is 1.86 bits per heavy atom. The Bertz CT molecular complexity index is 331. The summed E-state index contributed by atoms with van der Waals surface area (Å²) in [6.07, 6.45) is 7.42. The Balaban J connectivity index is 2.18. The molecule has 1 fully saturated rings. The lowest BCUT2D eigenvalue weighted by Crippen LogP contribution is -2.40. The van der Waals surface area contributed by atoms with E-state index in [1.807, 2.05) is 0 Å². The van der Waals surface area contributed by atoms with Crippen molar-refractivity contribution in [2.45, 2.75) is 51.4 Å². The number of nitrogens with one attached hydrogen (secondary N) is 1. The summed E-state index contributed by atoms with van der Waals surface area (Å²) in [7, 11) is 1.65. The molecule has 1 N–H and O–H groups in total. The molecule has 1 aliphatic rings. The predicted octanol–water partition coefficient (Wildman–Crippen LogP) is 2.41. The average Bonchev–Trinajstić information content (AvgIpc) is 2.76. The molecule has 0 spiro atoms. The Labute approximate surface area is 128 Å². The largest absolute Gasteiger partial charge is 0.382 e. The lowest BCUT2D eigenvalue weighted by molar-refractivity contribution is -0.128. The minimum absolute atomic E-state index is 0.0767. The van der Waals surface area contributed by atoms with Gasteiger partial charge in [0.1, 0.15) is 5.41 Å². The highest BCUT2D eigenvalue weighted by Crippen LogP contribution is 2.34. The monoisotopic (exact) mass is 296 g/mol. The summed E-state index contributed by atoms with van der Waals surface area (Å²) in [4.78, 5) is 12.3. The number of methoxy groups -OCH3 is 1. The summed E-state index contributed by atoms with van der Waals surface area (Å²) < 4.78 is 10.3. The Hall–Kier alpha value is -1.12. The number of carbonyl (C=O) groups is 1. The van der Waals surface area contributed by atoms with E-state index in [1.54, 1.807) is 7.11 Å². The van der Waals surface area contributed by atoms with Crippen LogP contribution in [0.4, 0.5) is 0 Å². The van der Waals surface area contributed by atoms with Crippen LogP contribution in [-0.4, -0.2) is 39.4 Å². The molecule has 1 aliphatic carbocycles. The number of hydrogen-bond donors (Lipinski definition) is 1. The van der Waals surface area contributed by atoms with E-state index < -0.39 is 5.41 Å². The quantitative estimate of drug-likeness (QED) is 0.524. The second kappa shape index (κ2) is 10.6. The minimum atomic E-state index is -0.786. The normalized spacial score (nSPS) is 17.7. The van der Waals surface area contributed by atoms with Gasteiger partial charge in [-0.25, -0.2) is 0 Å². The molecular weight excluding hydrogens is 268 g/mol. The summed E-state index contributed by atoms with van der Waals surface area (Å²) in [6.45, 7) is 2.53. The van der Waals surface area contributed by atoms with Crippen LogP contribution >= 0.6 is 0 Å². The second-order valence-electron chi connectivity index (χ2n) is 5.68. The van der Waals surface area contributed by atoms with Gasteiger partial charge in [0.15, 0.2) is 0 Å². The first-order valence-electron chi connectivity index (χ1n) is 8.01. The Kier molecular flexibility index (Phi) is 9.04. The number of carbonyl (C=O) groups excluding carboxylic acids is 1. The third-order valence-electron chi connectivity index (χ3n) is 4.04. The van der Waals surface area contributed by atoms with E-state index >= 15 is 0 Å². The van der Waals surface area contributed by atoms with E-state index in [9.17, 15) is 10.1 Å². The molecule has 0 bridgehead atoms. The number of nitriles is 1. The zero-order chi connectivity index (χ0) is 15.4. The molecule has 5 heteroatoms. The molecule has 5 nitrogen and oxygen atoms in total. The molecule has 0 aromatic rings. The fraction of sp³-hybridized carbons (Fsp3) is 0.875. The van der Waals surface area contributed by atoms with Crippen molar-refractivity contribution in [3.63, 3.8) is 0 Å². The molecule has 0 aromatic heterocycles. The molecule has 1 amide bonds. The lowest BCUT2D eigenvalue weighted by Gasteiger charge is -2.23. The van der Waals surface area contributed by atoms with Crippen molar-refractivity contribution in [1.29, 1.82) is 5.26 Å². The minimum Gasteiger partial charge on any atom is -0.382 e. The van der Waals surface area contributed by atoms with Gasteiger partial charge < -0.3 is 14.8 Å². The number of rotatable bonds is 9. The van der Waals surface area contributed by atoms with Crippen molar-refractivity contribution in [2.24, 2.45) is 5.41 Å². The Morgan fingerprint density at radius 1 is 1.14 bits per heavy atom. The zero-order valence-electron chi connectivity index (χ0n) is 13.2. The highest BCUT2D eigenvalue weighted by Gasteiger charge is 2.38. The molecular formula is C16H28N2O3. The van der Waals surface area contributed by atoms with Crippen LogP contribution in [-0.2, 0) is 14.3 Å². The summed E-state index contributed by atoms with van der Waals surface area (Å²) in [6, 6.07) is 2.28. The molecule has 0 aliphatic heterocycles. The van der Waals surface area contributed by atoms with Crippen LogP contribution in [0.1, 0.15) is 51.4 Å². The zero-order valence-corrected chi connectivity index (χ0v) is 13.2. The average molecular weight is 296 g/mol.